The number of nitrogens with one attached hydrogen (secondary N) is 1. The zero-order valence-electron chi connectivity index (χ0n) is 17.2. The lowest BCUT2D eigenvalue weighted by Crippen LogP contribution is -2.30. The molecule has 1 amide bonds. The van der Waals surface area contributed by atoms with Crippen LogP contribution in [-0.2, 0) is 17.8 Å². The molecule has 0 bridgehead atoms. The number of aliphatic imine (C=N–C) groups is 1. The molecule has 3 aromatic rings. The quantitative estimate of drug-likeness (QED) is 0.419. The summed E-state index contributed by atoms with van der Waals surface area (Å²) in [7, 11) is 2.01. The van der Waals surface area contributed by atoms with Gasteiger partial charge in [0.15, 0.2) is 5.17 Å². The maximum atomic E-state index is 12.4. The Bertz CT molecular complexity index is 930. The number of amides is 1. The van der Waals surface area contributed by atoms with Crippen LogP contribution in [0.3, 0.4) is 0 Å². The third-order valence-corrected chi connectivity index (χ3v) is 5.55. The molecular formula is C25H27N3OS. The predicted octanol–water partition coefficient (Wildman–Crippen LogP) is 4.90. The number of thioether (sulfide) groups is 1. The van der Waals surface area contributed by atoms with Crippen molar-refractivity contribution in [3.8, 4) is 0 Å². The summed E-state index contributed by atoms with van der Waals surface area (Å²) in [5, 5.41) is 3.83. The van der Waals surface area contributed by atoms with Crippen LogP contribution in [0.5, 0.6) is 0 Å². The molecule has 0 heterocycles. The summed E-state index contributed by atoms with van der Waals surface area (Å²) in [4.78, 5) is 19.2. The fourth-order valence-corrected chi connectivity index (χ4v) is 3.75. The van der Waals surface area contributed by atoms with E-state index in [2.05, 4.69) is 34.5 Å². The molecule has 3 rings (SSSR count). The Hall–Kier alpha value is -3.05. The highest BCUT2D eigenvalue weighted by molar-refractivity contribution is 8.14. The Labute approximate surface area is 183 Å². The van der Waals surface area contributed by atoms with Crippen LogP contribution in [0.25, 0.3) is 0 Å². The zero-order chi connectivity index (χ0) is 21.0. The molecule has 0 aliphatic heterocycles. The van der Waals surface area contributed by atoms with Crippen molar-refractivity contribution in [2.45, 2.75) is 13.0 Å². The van der Waals surface area contributed by atoms with E-state index in [1.807, 2.05) is 73.8 Å². The molecule has 0 aliphatic carbocycles. The first kappa shape index (κ1) is 21.7. The van der Waals surface area contributed by atoms with Crippen LogP contribution >= 0.6 is 11.8 Å². The molecule has 5 heteroatoms. The number of hydrogen-bond acceptors (Lipinski definition) is 3. The molecule has 0 aromatic heterocycles. The van der Waals surface area contributed by atoms with Gasteiger partial charge in [-0.1, -0.05) is 90.6 Å². The van der Waals surface area contributed by atoms with Crippen LogP contribution < -0.4 is 5.32 Å². The van der Waals surface area contributed by atoms with E-state index in [4.69, 9.17) is 4.99 Å². The van der Waals surface area contributed by atoms with Gasteiger partial charge >= 0.3 is 0 Å². The second-order valence-corrected chi connectivity index (χ2v) is 7.89. The Balaban J connectivity index is 1.57. The van der Waals surface area contributed by atoms with Crippen molar-refractivity contribution < 1.29 is 4.79 Å². The van der Waals surface area contributed by atoms with E-state index in [1.165, 1.54) is 22.9 Å². The van der Waals surface area contributed by atoms with Gasteiger partial charge in [0, 0.05) is 20.1 Å². The molecule has 4 nitrogen and oxygen atoms in total. The van der Waals surface area contributed by atoms with Crippen LogP contribution in [-0.4, -0.2) is 35.3 Å². The van der Waals surface area contributed by atoms with Gasteiger partial charge in [-0.05, 0) is 29.7 Å². The molecule has 0 saturated carbocycles. The zero-order valence-corrected chi connectivity index (χ0v) is 18.0. The van der Waals surface area contributed by atoms with E-state index in [-0.39, 0.29) is 5.91 Å². The lowest BCUT2D eigenvalue weighted by atomic mass is 10.1. The topological polar surface area (TPSA) is 44.7 Å². The first-order chi connectivity index (χ1) is 14.7. The van der Waals surface area contributed by atoms with E-state index in [0.717, 1.165) is 23.8 Å². The van der Waals surface area contributed by atoms with E-state index in [0.29, 0.717) is 12.3 Å². The molecule has 154 valence electrons. The summed E-state index contributed by atoms with van der Waals surface area (Å²) in [6.07, 6.45) is 0.829. The smallest absolute Gasteiger partial charge is 0.230 e. The van der Waals surface area contributed by atoms with Gasteiger partial charge in [0.25, 0.3) is 0 Å². The molecule has 0 fully saturated rings. The number of benzene rings is 3. The maximum Gasteiger partial charge on any atom is 0.230 e. The SMILES string of the molecule is CN(Cc1ccccc1)C(=Nc1ccccc1)SCC(=O)NCCc1ccccc1. The molecule has 0 radical (unpaired) electrons. The molecule has 0 unspecified atom stereocenters. The van der Waals surface area contributed by atoms with Crippen molar-refractivity contribution in [3.05, 3.63) is 102 Å². The first-order valence-corrected chi connectivity index (χ1v) is 11.0. The second kappa shape index (κ2) is 11.8. The molecule has 0 aliphatic rings. The standard InChI is InChI=1S/C25H27N3OS/c1-28(19-22-13-7-3-8-14-22)25(27-23-15-9-4-10-16-23)30-20-24(29)26-18-17-21-11-5-2-6-12-21/h2-16H,17-20H2,1H3,(H,26,29). The molecule has 3 aromatic carbocycles. The Morgan fingerprint density at radius 2 is 1.43 bits per heavy atom. The third-order valence-electron chi connectivity index (χ3n) is 4.48. The van der Waals surface area contributed by atoms with E-state index < -0.39 is 0 Å². The number of carbonyl (C=O) groups is 1. The number of hydrogen-bond donors (Lipinski definition) is 1. The van der Waals surface area contributed by atoms with Gasteiger partial charge in [-0.25, -0.2) is 4.99 Å². The summed E-state index contributed by atoms with van der Waals surface area (Å²) in [6.45, 7) is 1.36. The minimum atomic E-state index is 0.0183. The summed E-state index contributed by atoms with van der Waals surface area (Å²) in [5.74, 6) is 0.351. The number of rotatable bonds is 8. The molecule has 0 saturated heterocycles. The fourth-order valence-electron chi connectivity index (χ4n) is 2.94. The van der Waals surface area contributed by atoms with Crippen LogP contribution in [0.4, 0.5) is 5.69 Å². The van der Waals surface area contributed by atoms with Crippen LogP contribution in [0.2, 0.25) is 0 Å². The number of carbonyl (C=O) groups excluding carboxylic acids is 1. The monoisotopic (exact) mass is 417 g/mol. The van der Waals surface area contributed by atoms with Crippen molar-refractivity contribution in [3.63, 3.8) is 0 Å². The van der Waals surface area contributed by atoms with Gasteiger partial charge < -0.3 is 10.2 Å². The molecule has 0 spiro atoms. The lowest BCUT2D eigenvalue weighted by Gasteiger charge is -2.21. The van der Waals surface area contributed by atoms with Crippen molar-refractivity contribution >= 4 is 28.5 Å². The largest absolute Gasteiger partial charge is 0.355 e. The average molecular weight is 418 g/mol. The number of nitrogens with zero attached hydrogens (tertiary/aromatic N) is 2. The number of para-hydroxylation sites is 1. The van der Waals surface area contributed by atoms with Gasteiger partial charge in [0.1, 0.15) is 0 Å². The van der Waals surface area contributed by atoms with E-state index in [1.54, 1.807) is 0 Å². The van der Waals surface area contributed by atoms with Gasteiger partial charge in [-0.15, -0.1) is 0 Å². The van der Waals surface area contributed by atoms with Crippen molar-refractivity contribution in [2.24, 2.45) is 4.99 Å². The van der Waals surface area contributed by atoms with Crippen LogP contribution in [0.1, 0.15) is 11.1 Å². The van der Waals surface area contributed by atoms with Gasteiger partial charge in [0.2, 0.25) is 5.91 Å². The highest BCUT2D eigenvalue weighted by atomic mass is 32.2. The molecule has 0 atom stereocenters. The van der Waals surface area contributed by atoms with Crippen molar-refractivity contribution in [1.29, 1.82) is 0 Å². The summed E-state index contributed by atoms with van der Waals surface area (Å²) >= 11 is 1.46. The Kier molecular flexibility index (Phi) is 8.54. The maximum absolute atomic E-state index is 12.4. The minimum Gasteiger partial charge on any atom is -0.355 e. The minimum absolute atomic E-state index is 0.0183. The van der Waals surface area contributed by atoms with Gasteiger partial charge in [-0.3, -0.25) is 4.79 Å². The Morgan fingerprint density at radius 1 is 0.867 bits per heavy atom. The van der Waals surface area contributed by atoms with E-state index in [9.17, 15) is 4.79 Å². The average Bonchev–Trinajstić information content (AvgIpc) is 2.78. The third kappa shape index (κ3) is 7.41. The molecule has 30 heavy (non-hydrogen) atoms. The first-order valence-electron chi connectivity index (χ1n) is 10.0. The highest BCUT2D eigenvalue weighted by Gasteiger charge is 2.12. The van der Waals surface area contributed by atoms with Gasteiger partial charge in [0.05, 0.1) is 11.4 Å². The molecular weight excluding hydrogens is 390 g/mol. The number of amidine groups is 1. The van der Waals surface area contributed by atoms with Gasteiger partial charge in [-0.2, -0.15) is 0 Å². The second-order valence-electron chi connectivity index (χ2n) is 6.95. The van der Waals surface area contributed by atoms with Crippen LogP contribution in [0, 0.1) is 0 Å². The molecule has 1 N–H and O–H groups in total. The summed E-state index contributed by atoms with van der Waals surface area (Å²) in [6, 6.07) is 30.3. The van der Waals surface area contributed by atoms with E-state index >= 15 is 0 Å². The fraction of sp³-hybridized carbons (Fsp3) is 0.200. The summed E-state index contributed by atoms with van der Waals surface area (Å²) < 4.78 is 0. The normalized spacial score (nSPS) is 11.2. The summed E-state index contributed by atoms with van der Waals surface area (Å²) in [5.41, 5.74) is 3.30. The highest BCUT2D eigenvalue weighted by Crippen LogP contribution is 2.18. The lowest BCUT2D eigenvalue weighted by molar-refractivity contribution is -0.118. The Morgan fingerprint density at radius 3 is 2.07 bits per heavy atom. The van der Waals surface area contributed by atoms with Crippen molar-refractivity contribution in [2.75, 3.05) is 19.3 Å². The van der Waals surface area contributed by atoms with Crippen molar-refractivity contribution in [1.82, 2.24) is 10.2 Å². The van der Waals surface area contributed by atoms with Crippen LogP contribution in [0.15, 0.2) is 96.0 Å². The predicted molar refractivity (Wildman–Crippen MR) is 127 cm³/mol.